The van der Waals surface area contributed by atoms with E-state index in [-0.39, 0.29) is 23.0 Å². The first-order valence-electron chi connectivity index (χ1n) is 12.2. The second-order valence-electron chi connectivity index (χ2n) is 8.53. The second-order valence-corrected chi connectivity index (χ2v) is 10.8. The van der Waals surface area contributed by atoms with E-state index in [2.05, 4.69) is 5.32 Å². The molecule has 3 aromatic rings. The summed E-state index contributed by atoms with van der Waals surface area (Å²) >= 11 is 6.19. The van der Waals surface area contributed by atoms with Crippen LogP contribution in [0.25, 0.3) is 0 Å². The van der Waals surface area contributed by atoms with Crippen molar-refractivity contribution in [1.82, 2.24) is 10.2 Å². The number of hydrogen-bond acceptors (Lipinski definition) is 5. The number of rotatable bonds is 12. The Morgan fingerprint density at radius 3 is 2.26 bits per heavy atom. The summed E-state index contributed by atoms with van der Waals surface area (Å²) < 4.78 is 33.8. The molecule has 3 rings (SSSR count). The van der Waals surface area contributed by atoms with Gasteiger partial charge in [-0.05, 0) is 60.9 Å². The highest BCUT2D eigenvalue weighted by atomic mass is 35.5. The lowest BCUT2D eigenvalue weighted by Crippen LogP contribution is -2.52. The number of amides is 2. The molecule has 0 spiro atoms. The van der Waals surface area contributed by atoms with Gasteiger partial charge < -0.3 is 15.0 Å². The maximum absolute atomic E-state index is 13.8. The molecule has 3 aromatic carbocycles. The topological polar surface area (TPSA) is 96.0 Å². The van der Waals surface area contributed by atoms with Gasteiger partial charge >= 0.3 is 0 Å². The fraction of sp³-hybridized carbons (Fsp3) is 0.286. The number of anilines is 1. The van der Waals surface area contributed by atoms with Crippen molar-refractivity contribution in [3.8, 4) is 5.75 Å². The molecule has 10 heteroatoms. The number of hydrogen-bond donors (Lipinski definition) is 1. The molecule has 8 nitrogen and oxygen atoms in total. The molecular weight excluding hydrogens is 526 g/mol. The van der Waals surface area contributed by atoms with Crippen molar-refractivity contribution in [2.45, 2.75) is 30.7 Å². The van der Waals surface area contributed by atoms with Crippen LogP contribution in [0.3, 0.4) is 0 Å². The Morgan fingerprint density at radius 1 is 1.00 bits per heavy atom. The molecule has 0 bridgehead atoms. The molecule has 0 radical (unpaired) electrons. The van der Waals surface area contributed by atoms with Gasteiger partial charge in [-0.15, -0.1) is 0 Å². The number of sulfonamides is 1. The fourth-order valence-corrected chi connectivity index (χ4v) is 5.69. The van der Waals surface area contributed by atoms with Crippen LogP contribution in [0.1, 0.15) is 18.9 Å². The van der Waals surface area contributed by atoms with Crippen LogP contribution >= 0.6 is 11.6 Å². The number of likely N-dealkylation sites (N-methyl/N-ethyl adjacent to an activating group) is 1. The van der Waals surface area contributed by atoms with E-state index < -0.39 is 28.5 Å². The molecule has 202 valence electrons. The van der Waals surface area contributed by atoms with E-state index in [1.807, 2.05) is 37.3 Å². The molecule has 0 fully saturated rings. The molecule has 0 aliphatic carbocycles. The van der Waals surface area contributed by atoms with E-state index in [0.717, 1.165) is 9.87 Å². The van der Waals surface area contributed by atoms with Crippen LogP contribution in [0.5, 0.6) is 5.75 Å². The van der Waals surface area contributed by atoms with Gasteiger partial charge in [-0.2, -0.15) is 0 Å². The summed E-state index contributed by atoms with van der Waals surface area (Å²) in [5.41, 5.74) is 1.23. The van der Waals surface area contributed by atoms with Gasteiger partial charge in [-0.25, -0.2) is 8.42 Å². The standard InChI is InChI=1S/C28H32ClN3O5S/c1-4-26(28(34)30-2)31(18-17-21-9-6-5-7-10-21)27(33)20-32(23-12-8-11-22(29)19-23)38(35,36)25-15-13-24(37-3)14-16-25/h5-16,19,26H,4,17-18,20H2,1-3H3,(H,30,34)/t26-/m1/s1. The first-order valence-corrected chi connectivity index (χ1v) is 14.0. The Labute approximate surface area is 229 Å². The lowest BCUT2D eigenvalue weighted by atomic mass is 10.1. The number of carbonyl (C=O) groups excluding carboxylic acids is 2. The summed E-state index contributed by atoms with van der Waals surface area (Å²) in [6.45, 7) is 1.53. The van der Waals surface area contributed by atoms with Crippen molar-refractivity contribution in [1.29, 1.82) is 0 Å². The van der Waals surface area contributed by atoms with Crippen LogP contribution in [-0.4, -0.2) is 58.4 Å². The average molecular weight is 558 g/mol. The number of nitrogens with zero attached hydrogens (tertiary/aromatic N) is 2. The molecule has 0 unspecified atom stereocenters. The fourth-order valence-electron chi connectivity index (χ4n) is 4.10. The van der Waals surface area contributed by atoms with Gasteiger partial charge in [0, 0.05) is 18.6 Å². The first-order chi connectivity index (χ1) is 18.2. The van der Waals surface area contributed by atoms with E-state index in [4.69, 9.17) is 16.3 Å². The SMILES string of the molecule is CC[C@H](C(=O)NC)N(CCc1ccccc1)C(=O)CN(c1cccc(Cl)c1)S(=O)(=O)c1ccc(OC)cc1. The van der Waals surface area contributed by atoms with Crippen molar-refractivity contribution < 1.29 is 22.7 Å². The molecule has 0 saturated carbocycles. The average Bonchev–Trinajstić information content (AvgIpc) is 2.93. The molecule has 0 saturated heterocycles. The molecule has 1 N–H and O–H groups in total. The van der Waals surface area contributed by atoms with E-state index in [0.29, 0.717) is 23.6 Å². The Balaban J connectivity index is 2.00. The third kappa shape index (κ3) is 7.05. The summed E-state index contributed by atoms with van der Waals surface area (Å²) in [5.74, 6) is -0.326. The summed E-state index contributed by atoms with van der Waals surface area (Å²) in [7, 11) is -1.18. The predicted octanol–water partition coefficient (Wildman–Crippen LogP) is 4.14. The monoisotopic (exact) mass is 557 g/mol. The summed E-state index contributed by atoms with van der Waals surface area (Å²) in [6.07, 6.45) is 0.866. The highest BCUT2D eigenvalue weighted by Gasteiger charge is 2.33. The van der Waals surface area contributed by atoms with Crippen molar-refractivity contribution in [2.24, 2.45) is 0 Å². The zero-order chi connectivity index (χ0) is 27.7. The zero-order valence-corrected chi connectivity index (χ0v) is 23.2. The van der Waals surface area contributed by atoms with E-state index in [1.54, 1.807) is 18.2 Å². The minimum Gasteiger partial charge on any atom is -0.497 e. The van der Waals surface area contributed by atoms with Gasteiger partial charge in [0.05, 0.1) is 17.7 Å². The van der Waals surface area contributed by atoms with Crippen LogP contribution in [0, 0.1) is 0 Å². The van der Waals surface area contributed by atoms with Gasteiger partial charge in [0.2, 0.25) is 11.8 Å². The van der Waals surface area contributed by atoms with Crippen LogP contribution in [0.15, 0.2) is 83.8 Å². The van der Waals surface area contributed by atoms with Gasteiger partial charge in [-0.3, -0.25) is 13.9 Å². The molecular formula is C28H32ClN3O5S. The van der Waals surface area contributed by atoms with Crippen molar-refractivity contribution in [2.75, 3.05) is 31.6 Å². The zero-order valence-electron chi connectivity index (χ0n) is 21.6. The Kier molecular flexibility index (Phi) is 10.2. The lowest BCUT2D eigenvalue weighted by Gasteiger charge is -2.33. The second kappa shape index (κ2) is 13.3. The largest absolute Gasteiger partial charge is 0.497 e. The molecule has 0 aromatic heterocycles. The number of benzene rings is 3. The molecule has 1 atom stereocenters. The van der Waals surface area contributed by atoms with Crippen molar-refractivity contribution >= 4 is 39.1 Å². The van der Waals surface area contributed by atoms with Crippen LogP contribution in [-0.2, 0) is 26.0 Å². The normalized spacial score (nSPS) is 11.9. The van der Waals surface area contributed by atoms with Crippen LogP contribution < -0.4 is 14.4 Å². The van der Waals surface area contributed by atoms with Gasteiger partial charge in [-0.1, -0.05) is 54.9 Å². The number of methoxy groups -OCH3 is 1. The smallest absolute Gasteiger partial charge is 0.264 e. The third-order valence-electron chi connectivity index (χ3n) is 6.14. The maximum atomic E-state index is 13.8. The molecule has 0 aliphatic heterocycles. The predicted molar refractivity (Wildman–Crippen MR) is 149 cm³/mol. The molecule has 2 amide bonds. The van der Waals surface area contributed by atoms with E-state index in [9.17, 15) is 18.0 Å². The number of carbonyl (C=O) groups is 2. The first kappa shape index (κ1) is 29.0. The summed E-state index contributed by atoms with van der Waals surface area (Å²) in [5, 5.41) is 2.94. The minimum atomic E-state index is -4.18. The van der Waals surface area contributed by atoms with Crippen LogP contribution in [0.4, 0.5) is 5.69 Å². The van der Waals surface area contributed by atoms with Gasteiger partial charge in [0.1, 0.15) is 18.3 Å². The van der Waals surface area contributed by atoms with E-state index in [1.165, 1.54) is 49.4 Å². The third-order valence-corrected chi connectivity index (χ3v) is 8.16. The van der Waals surface area contributed by atoms with Crippen molar-refractivity contribution in [3.05, 3.63) is 89.4 Å². The Hall–Kier alpha value is -3.56. The van der Waals surface area contributed by atoms with Crippen LogP contribution in [0.2, 0.25) is 5.02 Å². The summed E-state index contributed by atoms with van der Waals surface area (Å²) in [4.78, 5) is 28.0. The molecule has 0 aliphatic rings. The summed E-state index contributed by atoms with van der Waals surface area (Å²) in [6, 6.07) is 21.0. The van der Waals surface area contributed by atoms with Gasteiger partial charge in [0.25, 0.3) is 10.0 Å². The minimum absolute atomic E-state index is 0.0137. The van der Waals surface area contributed by atoms with Gasteiger partial charge in [0.15, 0.2) is 0 Å². The number of halogens is 1. The Bertz CT molecular complexity index is 1330. The molecule has 0 heterocycles. The number of ether oxygens (including phenoxy) is 1. The Morgan fingerprint density at radius 2 is 1.68 bits per heavy atom. The van der Waals surface area contributed by atoms with Crippen molar-refractivity contribution in [3.63, 3.8) is 0 Å². The maximum Gasteiger partial charge on any atom is 0.264 e. The highest BCUT2D eigenvalue weighted by Crippen LogP contribution is 2.27. The van der Waals surface area contributed by atoms with E-state index >= 15 is 0 Å². The highest BCUT2D eigenvalue weighted by molar-refractivity contribution is 7.92. The number of nitrogens with one attached hydrogen (secondary N) is 1. The molecule has 38 heavy (non-hydrogen) atoms. The quantitative estimate of drug-likeness (QED) is 0.361. The lowest BCUT2D eigenvalue weighted by molar-refractivity contribution is -0.139.